The Balaban J connectivity index is 2.38. The smallest absolute Gasteiger partial charge is 0.387 e. The van der Waals surface area contributed by atoms with Gasteiger partial charge in [-0.25, -0.2) is 0 Å². The third-order valence-electron chi connectivity index (χ3n) is 3.41. The van der Waals surface area contributed by atoms with Crippen molar-refractivity contribution in [2.75, 3.05) is 14.2 Å². The normalized spacial score (nSPS) is 11.0. The van der Waals surface area contributed by atoms with E-state index in [-0.39, 0.29) is 22.6 Å². The van der Waals surface area contributed by atoms with Crippen LogP contribution in [0.15, 0.2) is 48.0 Å². The van der Waals surface area contributed by atoms with Gasteiger partial charge in [-0.3, -0.25) is 4.79 Å². The lowest BCUT2D eigenvalue weighted by Crippen LogP contribution is -2.04. The first-order valence-electron chi connectivity index (χ1n) is 7.42. The van der Waals surface area contributed by atoms with Gasteiger partial charge in [-0.05, 0) is 35.9 Å². The molecule has 2 rings (SSSR count). The molecule has 0 heterocycles. The summed E-state index contributed by atoms with van der Waals surface area (Å²) in [6, 6.07) is 12.4. The number of alkyl halides is 2. The van der Waals surface area contributed by atoms with Crippen LogP contribution in [0.25, 0.3) is 6.08 Å². The minimum atomic E-state index is -3.03. The van der Waals surface area contributed by atoms with Gasteiger partial charge >= 0.3 is 6.61 Å². The average Bonchev–Trinajstić information content (AvgIpc) is 2.65. The predicted molar refractivity (Wildman–Crippen MR) is 90.5 cm³/mol. The molecule has 0 spiro atoms. The van der Waals surface area contributed by atoms with Crippen LogP contribution in [0.2, 0.25) is 0 Å². The Labute approximate surface area is 149 Å². The summed E-state index contributed by atoms with van der Waals surface area (Å²) in [7, 11) is 2.78. The number of methoxy groups -OCH3 is 2. The van der Waals surface area contributed by atoms with Gasteiger partial charge in [0.05, 0.1) is 14.2 Å². The van der Waals surface area contributed by atoms with Gasteiger partial charge in [0, 0.05) is 5.56 Å². The fraction of sp³-hybridized carbons (Fsp3) is 0.158. The van der Waals surface area contributed by atoms with Crippen LogP contribution in [0, 0.1) is 11.3 Å². The summed E-state index contributed by atoms with van der Waals surface area (Å²) in [5, 5.41) is 9.31. The molecule has 0 bridgehead atoms. The molecule has 26 heavy (non-hydrogen) atoms. The van der Waals surface area contributed by atoms with Crippen molar-refractivity contribution in [1.29, 1.82) is 5.26 Å². The molecule has 2 aromatic carbocycles. The fourth-order valence-corrected chi connectivity index (χ4v) is 2.21. The lowest BCUT2D eigenvalue weighted by molar-refractivity contribution is -0.0512. The maximum Gasteiger partial charge on any atom is 0.387 e. The lowest BCUT2D eigenvalue weighted by atomic mass is 10.0. The highest BCUT2D eigenvalue weighted by atomic mass is 19.3. The summed E-state index contributed by atoms with van der Waals surface area (Å²) < 4.78 is 39.4. The van der Waals surface area contributed by atoms with E-state index < -0.39 is 12.4 Å². The molecule has 0 unspecified atom stereocenters. The Morgan fingerprint density at radius 1 is 1.12 bits per heavy atom. The molecule has 7 heteroatoms. The minimum Gasteiger partial charge on any atom is -0.497 e. The molecule has 0 aliphatic heterocycles. The first kappa shape index (κ1) is 18.9. The molecule has 0 saturated carbocycles. The second kappa shape index (κ2) is 8.62. The molecule has 0 N–H and O–H groups in total. The number of carbonyl (C=O) groups is 1. The van der Waals surface area contributed by atoms with Crippen LogP contribution in [0.4, 0.5) is 8.78 Å². The number of hydrogen-bond acceptors (Lipinski definition) is 5. The van der Waals surface area contributed by atoms with E-state index >= 15 is 0 Å². The number of nitrogens with zero attached hydrogens (tertiary/aromatic N) is 1. The first-order valence-corrected chi connectivity index (χ1v) is 7.42. The zero-order valence-corrected chi connectivity index (χ0v) is 14.0. The van der Waals surface area contributed by atoms with Gasteiger partial charge < -0.3 is 14.2 Å². The average molecular weight is 359 g/mol. The maximum absolute atomic E-state index is 12.5. The number of ether oxygens (including phenoxy) is 3. The van der Waals surface area contributed by atoms with Crippen LogP contribution >= 0.6 is 0 Å². The highest BCUT2D eigenvalue weighted by Gasteiger charge is 2.15. The van der Waals surface area contributed by atoms with E-state index in [2.05, 4.69) is 4.74 Å². The minimum absolute atomic E-state index is 0.111. The first-order chi connectivity index (χ1) is 12.5. The molecule has 0 aliphatic rings. The molecule has 2 aromatic rings. The summed E-state index contributed by atoms with van der Waals surface area (Å²) in [6.45, 7) is -3.03. The number of ketones is 1. The quantitative estimate of drug-likeness (QED) is 0.423. The van der Waals surface area contributed by atoms with Crippen LogP contribution in [0.5, 0.6) is 17.2 Å². The second-order valence-corrected chi connectivity index (χ2v) is 5.02. The predicted octanol–water partition coefficient (Wildman–Crippen LogP) is 4.10. The van der Waals surface area contributed by atoms with Crippen molar-refractivity contribution in [3.63, 3.8) is 0 Å². The van der Waals surface area contributed by atoms with Crippen molar-refractivity contribution in [2.24, 2.45) is 0 Å². The van der Waals surface area contributed by atoms with Gasteiger partial charge in [-0.1, -0.05) is 18.2 Å². The van der Waals surface area contributed by atoms with Crippen LogP contribution in [-0.2, 0) is 0 Å². The standard InChI is InChI=1S/C19H15F2NO4/c1-24-15-5-3-4-13(10-15)18(23)14(11-22)8-12-6-7-16(25-2)17(9-12)26-19(20)21/h3-10,19H,1-2H3/b14-8+. The Bertz CT molecular complexity index is 872. The number of nitriles is 1. The monoisotopic (exact) mass is 359 g/mol. The number of Topliss-reactive ketones (excluding diaryl/α,β-unsaturated/α-hetero) is 1. The highest BCUT2D eigenvalue weighted by molar-refractivity contribution is 6.14. The molecule has 0 saturated heterocycles. The van der Waals surface area contributed by atoms with E-state index in [9.17, 15) is 18.8 Å². The van der Waals surface area contributed by atoms with E-state index in [0.29, 0.717) is 11.3 Å². The SMILES string of the molecule is COc1cccc(C(=O)/C(C#N)=C/c2ccc(OC)c(OC(F)F)c2)c1. The molecular formula is C19H15F2NO4. The maximum atomic E-state index is 12.5. The molecule has 5 nitrogen and oxygen atoms in total. The van der Waals surface area contributed by atoms with Crippen LogP contribution in [-0.4, -0.2) is 26.6 Å². The van der Waals surface area contributed by atoms with Crippen molar-refractivity contribution in [3.8, 4) is 23.3 Å². The summed E-state index contributed by atoms with van der Waals surface area (Å²) in [4.78, 5) is 12.5. The third-order valence-corrected chi connectivity index (χ3v) is 3.41. The molecular weight excluding hydrogens is 344 g/mol. The van der Waals surface area contributed by atoms with Gasteiger partial charge in [-0.15, -0.1) is 0 Å². The van der Waals surface area contributed by atoms with E-state index in [0.717, 1.165) is 0 Å². The van der Waals surface area contributed by atoms with Crippen LogP contribution in [0.1, 0.15) is 15.9 Å². The zero-order chi connectivity index (χ0) is 19.1. The molecule has 0 radical (unpaired) electrons. The van der Waals surface area contributed by atoms with Gasteiger partial charge in [-0.2, -0.15) is 14.0 Å². The molecule has 0 amide bonds. The van der Waals surface area contributed by atoms with Crippen molar-refractivity contribution >= 4 is 11.9 Å². The van der Waals surface area contributed by atoms with Gasteiger partial charge in [0.15, 0.2) is 11.5 Å². The summed E-state index contributed by atoms with van der Waals surface area (Å²) in [5.74, 6) is -0.119. The van der Waals surface area contributed by atoms with E-state index in [1.807, 2.05) is 6.07 Å². The fourth-order valence-electron chi connectivity index (χ4n) is 2.21. The molecule has 0 atom stereocenters. The zero-order valence-electron chi connectivity index (χ0n) is 14.0. The van der Waals surface area contributed by atoms with Gasteiger partial charge in [0.2, 0.25) is 5.78 Å². The third kappa shape index (κ3) is 4.57. The van der Waals surface area contributed by atoms with E-state index in [1.54, 1.807) is 18.2 Å². The van der Waals surface area contributed by atoms with E-state index in [4.69, 9.17) is 9.47 Å². The number of rotatable bonds is 7. The van der Waals surface area contributed by atoms with Crippen molar-refractivity contribution in [3.05, 3.63) is 59.2 Å². The Morgan fingerprint density at radius 2 is 1.88 bits per heavy atom. The number of benzene rings is 2. The summed E-state index contributed by atoms with van der Waals surface area (Å²) in [5.41, 5.74) is 0.454. The number of carbonyl (C=O) groups excluding carboxylic acids is 1. The Kier molecular flexibility index (Phi) is 6.28. The highest BCUT2D eigenvalue weighted by Crippen LogP contribution is 2.30. The largest absolute Gasteiger partial charge is 0.497 e. The van der Waals surface area contributed by atoms with Gasteiger partial charge in [0.1, 0.15) is 17.4 Å². The van der Waals surface area contributed by atoms with Crippen molar-refractivity contribution in [2.45, 2.75) is 6.61 Å². The summed E-state index contributed by atoms with van der Waals surface area (Å²) in [6.07, 6.45) is 1.29. The topological polar surface area (TPSA) is 68.6 Å². The Hall–Kier alpha value is -3.40. The molecule has 134 valence electrons. The van der Waals surface area contributed by atoms with Crippen LogP contribution in [0.3, 0.4) is 0 Å². The van der Waals surface area contributed by atoms with E-state index in [1.165, 1.54) is 44.6 Å². The molecule has 0 fully saturated rings. The summed E-state index contributed by atoms with van der Waals surface area (Å²) >= 11 is 0. The second-order valence-electron chi connectivity index (χ2n) is 5.02. The van der Waals surface area contributed by atoms with Gasteiger partial charge in [0.25, 0.3) is 0 Å². The Morgan fingerprint density at radius 3 is 2.50 bits per heavy atom. The van der Waals surface area contributed by atoms with Crippen LogP contribution < -0.4 is 14.2 Å². The number of halogens is 2. The van der Waals surface area contributed by atoms with Crippen molar-refractivity contribution < 1.29 is 27.8 Å². The van der Waals surface area contributed by atoms with Crippen molar-refractivity contribution in [1.82, 2.24) is 0 Å². The molecule has 0 aromatic heterocycles. The number of allylic oxidation sites excluding steroid dienone is 1. The number of hydrogen-bond donors (Lipinski definition) is 0. The lowest BCUT2D eigenvalue weighted by Gasteiger charge is -2.10. The molecule has 0 aliphatic carbocycles.